The molecule has 0 saturated heterocycles. The summed E-state index contributed by atoms with van der Waals surface area (Å²) in [6.45, 7) is -0.201. The predicted octanol–water partition coefficient (Wildman–Crippen LogP) is 1.79. The molecule has 0 radical (unpaired) electrons. The van der Waals surface area contributed by atoms with Crippen LogP contribution in [0.3, 0.4) is 0 Å². The first-order valence-corrected chi connectivity index (χ1v) is 5.26. The second-order valence-corrected chi connectivity index (χ2v) is 4.13. The smallest absolute Gasteiger partial charge is 0.0864 e. The summed E-state index contributed by atoms with van der Waals surface area (Å²) < 4.78 is 0. The van der Waals surface area contributed by atoms with Crippen LogP contribution in [0.25, 0.3) is 0 Å². The zero-order valence-corrected chi connectivity index (χ0v) is 8.55. The average Bonchev–Trinajstić information content (AvgIpc) is 2.14. The summed E-state index contributed by atoms with van der Waals surface area (Å²) in [4.78, 5) is 1.00. The average molecular weight is 219 g/mol. The molecule has 0 aliphatic rings. The lowest BCUT2D eigenvalue weighted by atomic mass is 10.4. The van der Waals surface area contributed by atoms with Gasteiger partial charge in [0.05, 0.1) is 12.7 Å². The Morgan fingerprint density at radius 3 is 2.85 bits per heavy atom. The Balaban J connectivity index is 2.45. The number of halogens is 1. The van der Waals surface area contributed by atoms with E-state index >= 15 is 0 Å². The first-order valence-electron chi connectivity index (χ1n) is 3.89. The van der Waals surface area contributed by atoms with Gasteiger partial charge in [-0.05, 0) is 18.2 Å². The standard InChI is InChI=1S/C9H11ClO2S/c10-7-2-1-3-9(4-7)13-6-8(12)5-11/h1-4,8,11-12H,5-6H2/t8-/m1/s1. The molecule has 13 heavy (non-hydrogen) atoms. The predicted molar refractivity (Wildman–Crippen MR) is 55.3 cm³/mol. The Morgan fingerprint density at radius 1 is 1.46 bits per heavy atom. The third kappa shape index (κ3) is 4.00. The van der Waals surface area contributed by atoms with E-state index in [2.05, 4.69) is 0 Å². The summed E-state index contributed by atoms with van der Waals surface area (Å²) in [5.74, 6) is 0.483. The highest BCUT2D eigenvalue weighted by Crippen LogP contribution is 2.21. The van der Waals surface area contributed by atoms with Crippen molar-refractivity contribution >= 4 is 23.4 Å². The highest BCUT2D eigenvalue weighted by molar-refractivity contribution is 7.99. The lowest BCUT2D eigenvalue weighted by Crippen LogP contribution is -2.14. The maximum Gasteiger partial charge on any atom is 0.0864 e. The largest absolute Gasteiger partial charge is 0.394 e. The van der Waals surface area contributed by atoms with Gasteiger partial charge in [-0.3, -0.25) is 0 Å². The molecule has 0 bridgehead atoms. The van der Waals surface area contributed by atoms with Crippen molar-refractivity contribution in [3.63, 3.8) is 0 Å². The van der Waals surface area contributed by atoms with E-state index in [0.29, 0.717) is 10.8 Å². The topological polar surface area (TPSA) is 40.5 Å². The van der Waals surface area contributed by atoms with E-state index < -0.39 is 6.10 Å². The van der Waals surface area contributed by atoms with Gasteiger partial charge < -0.3 is 10.2 Å². The molecule has 0 aromatic heterocycles. The molecule has 0 aliphatic heterocycles. The monoisotopic (exact) mass is 218 g/mol. The van der Waals surface area contributed by atoms with Crippen molar-refractivity contribution in [2.75, 3.05) is 12.4 Å². The van der Waals surface area contributed by atoms with Crippen molar-refractivity contribution in [2.24, 2.45) is 0 Å². The van der Waals surface area contributed by atoms with Gasteiger partial charge >= 0.3 is 0 Å². The molecule has 1 aromatic rings. The first kappa shape index (κ1) is 10.9. The minimum Gasteiger partial charge on any atom is -0.394 e. The molecule has 0 saturated carbocycles. The maximum absolute atomic E-state index is 9.08. The zero-order chi connectivity index (χ0) is 9.68. The number of aliphatic hydroxyl groups is 2. The second kappa shape index (κ2) is 5.50. The molecule has 0 amide bonds. The van der Waals surface area contributed by atoms with Crippen LogP contribution in [0.4, 0.5) is 0 Å². The van der Waals surface area contributed by atoms with E-state index in [-0.39, 0.29) is 6.61 Å². The van der Waals surface area contributed by atoms with Crippen LogP contribution in [-0.2, 0) is 0 Å². The van der Waals surface area contributed by atoms with Gasteiger partial charge in [0.1, 0.15) is 0 Å². The molecule has 4 heteroatoms. The Morgan fingerprint density at radius 2 is 2.23 bits per heavy atom. The minimum atomic E-state index is -0.663. The molecule has 2 N–H and O–H groups in total. The Labute approximate surface area is 86.5 Å². The summed E-state index contributed by atoms with van der Waals surface area (Å²) in [6.07, 6.45) is -0.663. The minimum absolute atomic E-state index is 0.201. The number of hydrogen-bond donors (Lipinski definition) is 2. The molecular weight excluding hydrogens is 208 g/mol. The van der Waals surface area contributed by atoms with E-state index in [1.54, 1.807) is 6.07 Å². The third-order valence-corrected chi connectivity index (χ3v) is 2.82. The van der Waals surface area contributed by atoms with E-state index in [4.69, 9.17) is 21.8 Å². The van der Waals surface area contributed by atoms with Crippen LogP contribution in [0.2, 0.25) is 5.02 Å². The highest BCUT2D eigenvalue weighted by Gasteiger charge is 2.02. The van der Waals surface area contributed by atoms with Crippen molar-refractivity contribution in [3.8, 4) is 0 Å². The van der Waals surface area contributed by atoms with E-state index in [1.165, 1.54) is 11.8 Å². The molecule has 0 aliphatic carbocycles. The van der Waals surface area contributed by atoms with Gasteiger partial charge in [0.15, 0.2) is 0 Å². The normalized spacial score (nSPS) is 12.8. The number of rotatable bonds is 4. The zero-order valence-electron chi connectivity index (χ0n) is 6.98. The van der Waals surface area contributed by atoms with Gasteiger partial charge in [-0.2, -0.15) is 0 Å². The van der Waals surface area contributed by atoms with Gasteiger partial charge in [0, 0.05) is 15.7 Å². The van der Waals surface area contributed by atoms with Crippen molar-refractivity contribution in [3.05, 3.63) is 29.3 Å². The fraction of sp³-hybridized carbons (Fsp3) is 0.333. The summed E-state index contributed by atoms with van der Waals surface area (Å²) in [6, 6.07) is 7.40. The van der Waals surface area contributed by atoms with Gasteiger partial charge in [0.2, 0.25) is 0 Å². The summed E-state index contributed by atoms with van der Waals surface area (Å²) in [5.41, 5.74) is 0. The number of thioether (sulfide) groups is 1. The first-order chi connectivity index (χ1) is 6.22. The molecular formula is C9H11ClO2S. The molecule has 1 atom stereocenters. The van der Waals surface area contributed by atoms with Crippen molar-refractivity contribution in [1.29, 1.82) is 0 Å². The highest BCUT2D eigenvalue weighted by atomic mass is 35.5. The second-order valence-electron chi connectivity index (χ2n) is 2.60. The summed E-state index contributed by atoms with van der Waals surface area (Å²) >= 11 is 7.24. The fourth-order valence-corrected chi connectivity index (χ4v) is 1.93. The van der Waals surface area contributed by atoms with E-state index in [0.717, 1.165) is 4.90 Å². The lowest BCUT2D eigenvalue weighted by Gasteiger charge is -2.06. The molecule has 0 spiro atoms. The molecule has 1 rings (SSSR count). The molecule has 2 nitrogen and oxygen atoms in total. The Hall–Kier alpha value is -0.220. The lowest BCUT2D eigenvalue weighted by molar-refractivity contribution is 0.113. The SMILES string of the molecule is OC[C@@H](O)CSc1cccc(Cl)c1. The maximum atomic E-state index is 9.08. The summed E-state index contributed by atoms with van der Waals surface area (Å²) in [7, 11) is 0. The quantitative estimate of drug-likeness (QED) is 0.757. The molecule has 72 valence electrons. The van der Waals surface area contributed by atoms with E-state index in [1.807, 2.05) is 18.2 Å². The van der Waals surface area contributed by atoms with Gasteiger partial charge in [-0.1, -0.05) is 17.7 Å². The van der Waals surface area contributed by atoms with Crippen LogP contribution in [0.15, 0.2) is 29.2 Å². The van der Waals surface area contributed by atoms with Crippen LogP contribution in [-0.4, -0.2) is 28.7 Å². The number of hydrogen-bond acceptors (Lipinski definition) is 3. The molecule has 0 fully saturated rings. The van der Waals surface area contributed by atoms with Gasteiger partial charge in [-0.25, -0.2) is 0 Å². The van der Waals surface area contributed by atoms with Crippen molar-refractivity contribution in [2.45, 2.75) is 11.0 Å². The van der Waals surface area contributed by atoms with Crippen LogP contribution < -0.4 is 0 Å². The van der Waals surface area contributed by atoms with E-state index in [9.17, 15) is 0 Å². The molecule has 0 unspecified atom stereocenters. The van der Waals surface area contributed by atoms with Crippen LogP contribution in [0.5, 0.6) is 0 Å². The van der Waals surface area contributed by atoms with Gasteiger partial charge in [-0.15, -0.1) is 11.8 Å². The van der Waals surface area contributed by atoms with Crippen LogP contribution in [0.1, 0.15) is 0 Å². The summed E-state index contributed by atoms with van der Waals surface area (Å²) in [5, 5.41) is 18.3. The fourth-order valence-electron chi connectivity index (χ4n) is 0.802. The Bertz CT molecular complexity index is 268. The van der Waals surface area contributed by atoms with Crippen LogP contribution in [0, 0.1) is 0 Å². The van der Waals surface area contributed by atoms with Crippen LogP contribution >= 0.6 is 23.4 Å². The molecule has 1 aromatic carbocycles. The van der Waals surface area contributed by atoms with Crippen molar-refractivity contribution < 1.29 is 10.2 Å². The third-order valence-electron chi connectivity index (χ3n) is 1.45. The molecule has 0 heterocycles. The van der Waals surface area contributed by atoms with Crippen molar-refractivity contribution in [1.82, 2.24) is 0 Å². The number of aliphatic hydroxyl groups excluding tert-OH is 2. The number of benzene rings is 1. The van der Waals surface area contributed by atoms with Gasteiger partial charge in [0.25, 0.3) is 0 Å². The Kier molecular flexibility index (Phi) is 4.59.